The maximum Gasteiger partial charge on any atom is 0.337 e. The first-order chi connectivity index (χ1) is 9.97. The van der Waals surface area contributed by atoms with Crippen molar-refractivity contribution >= 4 is 17.7 Å². The summed E-state index contributed by atoms with van der Waals surface area (Å²) in [6.45, 7) is 0.142. The lowest BCUT2D eigenvalue weighted by Gasteiger charge is -2.17. The summed E-state index contributed by atoms with van der Waals surface area (Å²) in [7, 11) is 1.48. The van der Waals surface area contributed by atoms with Crippen LogP contribution in [0.1, 0.15) is 16.2 Å². The van der Waals surface area contributed by atoms with Gasteiger partial charge in [-0.05, 0) is 18.2 Å². The lowest BCUT2D eigenvalue weighted by atomic mass is 10.2. The number of urea groups is 1. The zero-order chi connectivity index (χ0) is 15.4. The van der Waals surface area contributed by atoms with E-state index in [1.54, 1.807) is 0 Å². The fourth-order valence-corrected chi connectivity index (χ4v) is 1.62. The van der Waals surface area contributed by atoms with Crippen LogP contribution in [0.2, 0.25) is 0 Å². The molecule has 1 aromatic carbocycles. The molecular formula is C12H12FN5O3. The van der Waals surface area contributed by atoms with E-state index in [1.165, 1.54) is 18.3 Å². The summed E-state index contributed by atoms with van der Waals surface area (Å²) in [5.41, 5.74) is -0.310. The third-order valence-electron chi connectivity index (χ3n) is 2.65. The number of hydrogen-bond donors (Lipinski definition) is 3. The van der Waals surface area contributed by atoms with E-state index in [9.17, 15) is 14.0 Å². The van der Waals surface area contributed by atoms with Crippen LogP contribution in [0.3, 0.4) is 0 Å². The first kappa shape index (κ1) is 14.4. The van der Waals surface area contributed by atoms with Gasteiger partial charge in [0, 0.05) is 7.05 Å². The predicted octanol–water partition coefficient (Wildman–Crippen LogP) is 1.31. The van der Waals surface area contributed by atoms with Gasteiger partial charge in [-0.15, -0.1) is 0 Å². The molecule has 9 heteroatoms. The molecule has 0 atom stereocenters. The van der Waals surface area contributed by atoms with Crippen molar-refractivity contribution in [3.63, 3.8) is 0 Å². The third kappa shape index (κ3) is 3.53. The van der Waals surface area contributed by atoms with Gasteiger partial charge in [0.05, 0.1) is 17.8 Å². The molecule has 1 aromatic heterocycles. The van der Waals surface area contributed by atoms with E-state index in [0.29, 0.717) is 5.82 Å². The number of carboxylic acids is 1. The van der Waals surface area contributed by atoms with Crippen molar-refractivity contribution in [2.45, 2.75) is 6.54 Å². The maximum absolute atomic E-state index is 13.2. The molecule has 1 heterocycles. The number of aromatic nitrogens is 3. The Balaban J connectivity index is 2.11. The molecular weight excluding hydrogens is 281 g/mol. The van der Waals surface area contributed by atoms with Crippen LogP contribution >= 0.6 is 0 Å². The normalized spacial score (nSPS) is 10.2. The Morgan fingerprint density at radius 2 is 2.24 bits per heavy atom. The van der Waals surface area contributed by atoms with Crippen LogP contribution in [0, 0.1) is 5.82 Å². The molecule has 2 amide bonds. The zero-order valence-corrected chi connectivity index (χ0v) is 11.0. The monoisotopic (exact) mass is 293 g/mol. The molecule has 0 bridgehead atoms. The second kappa shape index (κ2) is 5.99. The van der Waals surface area contributed by atoms with Crippen LogP contribution < -0.4 is 5.32 Å². The smallest absolute Gasteiger partial charge is 0.337 e. The summed E-state index contributed by atoms with van der Waals surface area (Å²) in [5.74, 6) is -1.44. The Bertz CT molecular complexity index is 659. The molecule has 0 radical (unpaired) electrons. The predicted molar refractivity (Wildman–Crippen MR) is 70.2 cm³/mol. The Labute approximate surface area is 118 Å². The quantitative estimate of drug-likeness (QED) is 0.787. The number of amides is 2. The number of H-pyrrole nitrogens is 1. The van der Waals surface area contributed by atoms with Crippen molar-refractivity contribution in [1.82, 2.24) is 20.1 Å². The van der Waals surface area contributed by atoms with Crippen molar-refractivity contribution in [3.8, 4) is 0 Å². The highest BCUT2D eigenvalue weighted by Crippen LogP contribution is 2.18. The number of aromatic amines is 1. The molecule has 0 unspecified atom stereocenters. The molecule has 0 aliphatic carbocycles. The summed E-state index contributed by atoms with van der Waals surface area (Å²) < 4.78 is 13.2. The highest BCUT2D eigenvalue weighted by molar-refractivity contribution is 5.99. The van der Waals surface area contributed by atoms with Crippen molar-refractivity contribution in [3.05, 3.63) is 41.7 Å². The van der Waals surface area contributed by atoms with E-state index in [2.05, 4.69) is 20.5 Å². The van der Waals surface area contributed by atoms with Crippen molar-refractivity contribution < 1.29 is 19.1 Å². The number of carbonyl (C=O) groups is 2. The second-order valence-electron chi connectivity index (χ2n) is 4.21. The average Bonchev–Trinajstić information content (AvgIpc) is 2.91. The maximum atomic E-state index is 13.2. The fraction of sp³-hybridized carbons (Fsp3) is 0.167. The molecule has 0 aliphatic heterocycles. The number of benzene rings is 1. The number of carbonyl (C=O) groups excluding carboxylic acids is 1. The van der Waals surface area contributed by atoms with Gasteiger partial charge in [0.2, 0.25) is 0 Å². The van der Waals surface area contributed by atoms with Crippen LogP contribution in [0.25, 0.3) is 0 Å². The topological polar surface area (TPSA) is 111 Å². The highest BCUT2D eigenvalue weighted by Gasteiger charge is 2.16. The van der Waals surface area contributed by atoms with Gasteiger partial charge in [0.25, 0.3) is 0 Å². The van der Waals surface area contributed by atoms with Crippen molar-refractivity contribution in [2.24, 2.45) is 0 Å². The van der Waals surface area contributed by atoms with E-state index in [-0.39, 0.29) is 17.8 Å². The van der Waals surface area contributed by atoms with Gasteiger partial charge < -0.3 is 15.3 Å². The first-order valence-corrected chi connectivity index (χ1v) is 5.86. The van der Waals surface area contributed by atoms with Gasteiger partial charge in [0.15, 0.2) is 0 Å². The molecule has 21 heavy (non-hydrogen) atoms. The summed E-state index contributed by atoms with van der Waals surface area (Å²) in [5, 5.41) is 17.6. The van der Waals surface area contributed by atoms with Gasteiger partial charge in [-0.1, -0.05) is 0 Å². The number of aromatic carboxylic acids is 1. The molecule has 2 rings (SSSR count). The van der Waals surface area contributed by atoms with Gasteiger partial charge in [0.1, 0.15) is 18.0 Å². The summed E-state index contributed by atoms with van der Waals surface area (Å²) in [6.07, 6.45) is 1.30. The van der Waals surface area contributed by atoms with Gasteiger partial charge in [-0.2, -0.15) is 5.10 Å². The summed E-state index contributed by atoms with van der Waals surface area (Å²) in [4.78, 5) is 28.1. The Kier molecular flexibility index (Phi) is 4.12. The van der Waals surface area contributed by atoms with Crippen LogP contribution in [0.4, 0.5) is 14.9 Å². The standard InChI is InChI=1S/C12H12FN5O3/c1-18(5-10-14-6-15-17-10)12(21)16-9-4-7(13)2-3-8(9)11(19)20/h2-4,6H,5H2,1H3,(H,16,21)(H,19,20)(H,14,15,17). The van der Waals surface area contributed by atoms with E-state index in [1.807, 2.05) is 0 Å². The van der Waals surface area contributed by atoms with Crippen molar-refractivity contribution in [1.29, 1.82) is 0 Å². The number of rotatable bonds is 4. The van der Waals surface area contributed by atoms with Gasteiger partial charge in [-0.3, -0.25) is 5.10 Å². The SMILES string of the molecule is CN(Cc1ncn[nH]1)C(=O)Nc1cc(F)ccc1C(=O)O. The molecule has 0 saturated heterocycles. The van der Waals surface area contributed by atoms with E-state index in [4.69, 9.17) is 5.11 Å². The van der Waals surface area contributed by atoms with Crippen LogP contribution in [-0.2, 0) is 6.54 Å². The van der Waals surface area contributed by atoms with E-state index >= 15 is 0 Å². The van der Waals surface area contributed by atoms with E-state index < -0.39 is 17.8 Å². The Morgan fingerprint density at radius 1 is 1.48 bits per heavy atom. The summed E-state index contributed by atoms with van der Waals surface area (Å²) in [6, 6.07) is 2.45. The zero-order valence-electron chi connectivity index (χ0n) is 11.0. The third-order valence-corrected chi connectivity index (χ3v) is 2.65. The fourth-order valence-electron chi connectivity index (χ4n) is 1.62. The molecule has 2 aromatic rings. The number of nitrogens with one attached hydrogen (secondary N) is 2. The minimum absolute atomic E-state index is 0.114. The van der Waals surface area contributed by atoms with Gasteiger partial charge in [-0.25, -0.2) is 19.0 Å². The highest BCUT2D eigenvalue weighted by atomic mass is 19.1. The Morgan fingerprint density at radius 3 is 2.86 bits per heavy atom. The minimum Gasteiger partial charge on any atom is -0.478 e. The second-order valence-corrected chi connectivity index (χ2v) is 4.21. The Hall–Kier alpha value is -2.97. The lowest BCUT2D eigenvalue weighted by molar-refractivity contribution is 0.0698. The van der Waals surface area contributed by atoms with Crippen molar-refractivity contribution in [2.75, 3.05) is 12.4 Å². The largest absolute Gasteiger partial charge is 0.478 e. The molecule has 0 fully saturated rings. The molecule has 8 nitrogen and oxygen atoms in total. The van der Waals surface area contributed by atoms with E-state index in [0.717, 1.165) is 18.2 Å². The number of hydrogen-bond acceptors (Lipinski definition) is 4. The van der Waals surface area contributed by atoms with Crippen LogP contribution in [0.15, 0.2) is 24.5 Å². The average molecular weight is 293 g/mol. The number of carboxylic acid groups (broad SMARTS) is 1. The van der Waals surface area contributed by atoms with Crippen LogP contribution in [0.5, 0.6) is 0 Å². The molecule has 0 spiro atoms. The van der Waals surface area contributed by atoms with Gasteiger partial charge >= 0.3 is 12.0 Å². The number of anilines is 1. The molecule has 0 saturated carbocycles. The molecule has 0 aliphatic rings. The summed E-state index contributed by atoms with van der Waals surface area (Å²) >= 11 is 0. The van der Waals surface area contributed by atoms with Crippen LogP contribution in [-0.4, -0.2) is 44.2 Å². The molecule has 3 N–H and O–H groups in total. The number of nitrogens with zero attached hydrogens (tertiary/aromatic N) is 3. The lowest BCUT2D eigenvalue weighted by Crippen LogP contribution is -2.31. The molecule has 110 valence electrons. The first-order valence-electron chi connectivity index (χ1n) is 5.86. The number of halogens is 1. The minimum atomic E-state index is -1.26.